The van der Waals surface area contributed by atoms with Crippen LogP contribution in [0.3, 0.4) is 0 Å². The Morgan fingerprint density at radius 2 is 1.67 bits per heavy atom. The van der Waals surface area contributed by atoms with Gasteiger partial charge in [-0.1, -0.05) is 49.8 Å². The molecule has 0 aromatic heterocycles. The molecule has 260 valence electrons. The molecule has 1 aliphatic heterocycles. The highest BCUT2D eigenvalue weighted by molar-refractivity contribution is 14.1. The minimum absolute atomic E-state index is 0.0371. The second kappa shape index (κ2) is 18.3. The van der Waals surface area contributed by atoms with Gasteiger partial charge < -0.3 is 35.1 Å². The number of rotatable bonds is 15. The quantitative estimate of drug-likeness (QED) is 0.105. The van der Waals surface area contributed by atoms with Crippen molar-refractivity contribution >= 4 is 45.9 Å². The predicted octanol–water partition coefficient (Wildman–Crippen LogP) is 8.94. The van der Waals surface area contributed by atoms with E-state index < -0.39 is 11.7 Å². The Kier molecular flexibility index (Phi) is 14.2. The van der Waals surface area contributed by atoms with Crippen LogP contribution in [0.15, 0.2) is 54.6 Å². The van der Waals surface area contributed by atoms with Gasteiger partial charge in [-0.2, -0.15) is 0 Å². The second-order valence-electron chi connectivity index (χ2n) is 12.1. The van der Waals surface area contributed by atoms with Gasteiger partial charge in [-0.3, -0.25) is 4.79 Å². The molecule has 2 unspecified atom stereocenters. The third kappa shape index (κ3) is 10.7. The van der Waals surface area contributed by atoms with E-state index in [1.54, 1.807) is 42.5 Å². The number of carbonyl (C=O) groups excluding carboxylic acids is 2. The molecule has 0 spiro atoms. The number of nitrogens with one attached hydrogen (secondary N) is 3. The number of urea groups is 1. The molecule has 3 amide bonds. The number of likely N-dealkylation sites (tertiary alicyclic amines) is 1. The number of halogens is 2. The van der Waals surface area contributed by atoms with Crippen LogP contribution in [0.25, 0.3) is 0 Å². The van der Waals surface area contributed by atoms with Gasteiger partial charge in [0.2, 0.25) is 0 Å². The van der Waals surface area contributed by atoms with Gasteiger partial charge in [-0.15, -0.1) is 0 Å². The molecule has 3 aromatic rings. The third-order valence-electron chi connectivity index (χ3n) is 8.32. The molecule has 3 N–H and O–H groups in total. The van der Waals surface area contributed by atoms with Gasteiger partial charge in [0.25, 0.3) is 5.91 Å². The summed E-state index contributed by atoms with van der Waals surface area (Å²) in [4.78, 5) is 28.0. The van der Waals surface area contributed by atoms with Crippen LogP contribution in [-0.2, 0) is 0 Å². The van der Waals surface area contributed by atoms with Gasteiger partial charge in [0, 0.05) is 46.6 Å². The molecule has 4 rings (SSSR count). The van der Waals surface area contributed by atoms with Crippen LogP contribution >= 0.6 is 22.6 Å². The molecule has 0 radical (unpaired) electrons. The minimum atomic E-state index is -0.628. The Bertz CT molecular complexity index is 1510. The molecule has 1 fully saturated rings. The molecule has 2 atom stereocenters. The molecule has 9 nitrogen and oxygen atoms in total. The van der Waals surface area contributed by atoms with Crippen LogP contribution in [-0.4, -0.2) is 59.1 Å². The number of alkyl halides is 1. The van der Waals surface area contributed by atoms with Crippen LogP contribution in [0, 0.1) is 12.7 Å². The van der Waals surface area contributed by atoms with E-state index in [1.165, 1.54) is 25.0 Å². The maximum Gasteiger partial charge on any atom is 0.319 e. The van der Waals surface area contributed by atoms with E-state index in [9.17, 15) is 9.59 Å². The Hall–Kier alpha value is -3.58. The zero-order valence-electron chi connectivity index (χ0n) is 28.5. The summed E-state index contributed by atoms with van der Waals surface area (Å²) < 4.78 is 33.4. The molecular weight excluding hydrogens is 726 g/mol. The first-order valence-electron chi connectivity index (χ1n) is 16.9. The summed E-state index contributed by atoms with van der Waals surface area (Å²) >= 11 is 2.30. The largest absolute Gasteiger partial charge is 0.490 e. The zero-order valence-corrected chi connectivity index (χ0v) is 30.7. The van der Waals surface area contributed by atoms with Crippen molar-refractivity contribution < 1.29 is 28.2 Å². The van der Waals surface area contributed by atoms with Crippen molar-refractivity contribution in [1.82, 2.24) is 10.2 Å². The van der Waals surface area contributed by atoms with E-state index in [1.807, 2.05) is 20.8 Å². The van der Waals surface area contributed by atoms with Gasteiger partial charge >= 0.3 is 6.03 Å². The Balaban J connectivity index is 1.34. The van der Waals surface area contributed by atoms with Gasteiger partial charge in [0.15, 0.2) is 11.5 Å². The Morgan fingerprint density at radius 3 is 2.31 bits per heavy atom. The molecule has 1 saturated heterocycles. The van der Waals surface area contributed by atoms with Crippen LogP contribution in [0.5, 0.6) is 23.0 Å². The first-order valence-corrected chi connectivity index (χ1v) is 18.1. The van der Waals surface area contributed by atoms with Crippen molar-refractivity contribution in [2.75, 3.05) is 36.9 Å². The van der Waals surface area contributed by atoms with Crippen molar-refractivity contribution in [3.8, 4) is 23.0 Å². The lowest BCUT2D eigenvalue weighted by atomic mass is 10.1. The van der Waals surface area contributed by atoms with Crippen molar-refractivity contribution in [2.45, 2.75) is 82.8 Å². The van der Waals surface area contributed by atoms with E-state index in [-0.39, 0.29) is 27.7 Å². The van der Waals surface area contributed by atoms with Crippen molar-refractivity contribution in [1.29, 1.82) is 0 Å². The lowest BCUT2D eigenvalue weighted by molar-refractivity contribution is 0.0986. The summed E-state index contributed by atoms with van der Waals surface area (Å²) in [5.74, 6) is 0.744. The van der Waals surface area contributed by atoms with Crippen molar-refractivity contribution in [2.24, 2.45) is 0 Å². The molecule has 1 aliphatic rings. The van der Waals surface area contributed by atoms with E-state index in [0.717, 1.165) is 38.9 Å². The summed E-state index contributed by atoms with van der Waals surface area (Å²) in [5, 5.41) is 8.62. The second-order valence-corrected chi connectivity index (χ2v) is 14.0. The first-order chi connectivity index (χ1) is 23.1. The fourth-order valence-corrected chi connectivity index (χ4v) is 6.21. The number of hydrogen-bond acceptors (Lipinski definition) is 6. The molecule has 48 heavy (non-hydrogen) atoms. The van der Waals surface area contributed by atoms with Crippen LogP contribution < -0.4 is 30.2 Å². The maximum absolute atomic E-state index is 15.1. The standard InChI is InChI=1S/C37H48FIN4O5/c1-6-9-18-43-19-16-29(17-20-43)48-34-23-31(38)30(21-24(34)4)36(44)40-26-10-13-28(14-11-26)47-33-15-12-27(22-35(33)46-8-3)41-37(45)42-32(7-2)25(5)39/h10-15,21-23,25,29,32H,6-9,16-20H2,1-5H3,(H,40,44)(H2,41,42,45). The maximum atomic E-state index is 15.1. The summed E-state index contributed by atoms with van der Waals surface area (Å²) in [5.41, 5.74) is 1.72. The lowest BCUT2D eigenvalue weighted by Crippen LogP contribution is -2.41. The molecule has 0 bridgehead atoms. The predicted molar refractivity (Wildman–Crippen MR) is 198 cm³/mol. The van der Waals surface area contributed by atoms with Gasteiger partial charge in [-0.05, 0) is 94.1 Å². The molecule has 11 heteroatoms. The zero-order chi connectivity index (χ0) is 34.6. The van der Waals surface area contributed by atoms with Crippen molar-refractivity contribution in [3.63, 3.8) is 0 Å². The molecular formula is C37H48FIN4O5. The number of benzene rings is 3. The lowest BCUT2D eigenvalue weighted by Gasteiger charge is -2.32. The summed E-state index contributed by atoms with van der Waals surface area (Å²) in [6.45, 7) is 13.5. The monoisotopic (exact) mass is 774 g/mol. The fourth-order valence-electron chi connectivity index (χ4n) is 5.52. The first kappa shape index (κ1) is 37.2. The van der Waals surface area contributed by atoms with E-state index >= 15 is 4.39 Å². The highest BCUT2D eigenvalue weighted by Gasteiger charge is 2.23. The highest BCUT2D eigenvalue weighted by Crippen LogP contribution is 2.35. The molecule has 0 aliphatic carbocycles. The molecule has 1 heterocycles. The van der Waals surface area contributed by atoms with E-state index in [2.05, 4.69) is 57.3 Å². The van der Waals surface area contributed by atoms with Crippen LogP contribution in [0.1, 0.15) is 75.7 Å². The number of ether oxygens (including phenoxy) is 3. The summed E-state index contributed by atoms with van der Waals surface area (Å²) in [6, 6.07) is 14.6. The SMILES string of the molecule is CCCCN1CCC(Oc2cc(F)c(C(=O)Nc3ccc(Oc4ccc(NC(=O)NC(CC)C(C)I)cc4OCC)cc3)cc2C)CC1. The van der Waals surface area contributed by atoms with Gasteiger partial charge in [-0.25, -0.2) is 9.18 Å². The number of hydrogen-bond donors (Lipinski definition) is 3. The van der Waals surface area contributed by atoms with E-state index in [4.69, 9.17) is 14.2 Å². The molecule has 0 saturated carbocycles. The third-order valence-corrected chi connectivity index (χ3v) is 9.19. The highest BCUT2D eigenvalue weighted by atomic mass is 127. The number of anilines is 2. The van der Waals surface area contributed by atoms with Gasteiger partial charge in [0.1, 0.15) is 23.4 Å². The average molecular weight is 775 g/mol. The summed E-state index contributed by atoms with van der Waals surface area (Å²) in [6.07, 6.45) is 5.04. The van der Waals surface area contributed by atoms with Crippen LogP contribution in [0.4, 0.5) is 20.6 Å². The number of nitrogens with zero attached hydrogens (tertiary/aromatic N) is 1. The number of piperidine rings is 1. The molecule has 3 aromatic carbocycles. The van der Waals surface area contributed by atoms with Gasteiger partial charge in [0.05, 0.1) is 12.2 Å². The number of aryl methyl sites for hydroxylation is 1. The topological polar surface area (TPSA) is 101 Å². The fraction of sp³-hybridized carbons (Fsp3) is 0.459. The number of carbonyl (C=O) groups is 2. The summed E-state index contributed by atoms with van der Waals surface area (Å²) in [7, 11) is 0. The van der Waals surface area contributed by atoms with E-state index in [0.29, 0.717) is 46.5 Å². The number of amides is 3. The smallest absolute Gasteiger partial charge is 0.319 e. The number of unbranched alkanes of at least 4 members (excludes halogenated alkanes) is 1. The van der Waals surface area contributed by atoms with Crippen LogP contribution in [0.2, 0.25) is 0 Å². The Labute approximate surface area is 297 Å². The van der Waals surface area contributed by atoms with Crippen molar-refractivity contribution in [3.05, 3.63) is 71.5 Å². The Morgan fingerprint density at radius 1 is 0.958 bits per heavy atom. The average Bonchev–Trinajstić information content (AvgIpc) is 3.06. The minimum Gasteiger partial charge on any atom is -0.490 e. The normalized spacial score (nSPS) is 14.9.